The maximum atomic E-state index is 13.2. The number of rotatable bonds is 4. The van der Waals surface area contributed by atoms with Gasteiger partial charge in [0.05, 0.1) is 31.5 Å². The Balaban J connectivity index is 1.13. The number of aliphatic hydroxyl groups excluding tert-OH is 1. The molecule has 260 valence electrons. The predicted octanol–water partition coefficient (Wildman–Crippen LogP) is 6.02. The Bertz CT molecular complexity index is 1220. The molecule has 0 aromatic rings. The third-order valence-electron chi connectivity index (χ3n) is 15.7. The van der Waals surface area contributed by atoms with Gasteiger partial charge in [0.15, 0.2) is 0 Å². The van der Waals surface area contributed by atoms with Crippen molar-refractivity contribution >= 4 is 12.2 Å². The first-order chi connectivity index (χ1) is 21.7. The Morgan fingerprint density at radius 2 is 1.65 bits per heavy atom. The Labute approximate surface area is 276 Å². The summed E-state index contributed by atoms with van der Waals surface area (Å²) in [5.41, 5.74) is 0.124. The van der Waals surface area contributed by atoms with E-state index in [-0.39, 0.29) is 69.4 Å². The van der Waals surface area contributed by atoms with Crippen LogP contribution < -0.4 is 5.32 Å². The molecule has 7 aliphatic rings. The summed E-state index contributed by atoms with van der Waals surface area (Å²) in [5.74, 6) is 1.68. The number of morpholine rings is 1. The largest absolute Gasteiger partial charge is 0.446 e. The van der Waals surface area contributed by atoms with Gasteiger partial charge in [-0.2, -0.15) is 0 Å². The molecule has 2 saturated heterocycles. The number of nitrogens with zero attached hydrogens (tertiary/aromatic N) is 1. The van der Waals surface area contributed by atoms with Crippen LogP contribution in [0.3, 0.4) is 0 Å². The highest BCUT2D eigenvalue weighted by Gasteiger charge is 2.84. The van der Waals surface area contributed by atoms with Gasteiger partial charge in [-0.3, -0.25) is 0 Å². The van der Waals surface area contributed by atoms with Crippen molar-refractivity contribution in [1.29, 1.82) is 0 Å². The first-order valence-corrected chi connectivity index (χ1v) is 18.4. The maximum Gasteiger partial charge on any atom is 0.410 e. The fraction of sp³-hybridized carbons (Fsp3) is 0.946. The minimum absolute atomic E-state index is 0.0244. The lowest BCUT2D eigenvalue weighted by Gasteiger charge is -2.63. The van der Waals surface area contributed by atoms with E-state index in [2.05, 4.69) is 53.8 Å². The molecule has 7 rings (SSSR count). The third-order valence-corrected chi connectivity index (χ3v) is 15.7. The molecular weight excluding hydrogens is 584 g/mol. The van der Waals surface area contributed by atoms with Gasteiger partial charge >= 0.3 is 12.2 Å². The number of fused-ring (bicyclic) bond motifs is 4. The standard InChI is InChI=1S/C37H60N2O7/c1-21(2)28(46-31(41)38-8)23-19-22(3)27-29(44-23)30(40)35(7)25-10-9-24-33(4,5)26(45-32(42)39-15-17-43-18-16-39)11-12-36(24)20-37(25,36)14-13-34(27,35)6/h21-30,40H,9-20H2,1-8H3,(H,38,41)/t22-,23?,24+,25?,26?,27+,28?,29?,30+,34?,35-,36?,37?/m1/s1. The minimum atomic E-state index is -0.559. The van der Waals surface area contributed by atoms with Crippen molar-refractivity contribution < 1.29 is 33.6 Å². The lowest BCUT2D eigenvalue weighted by Crippen LogP contribution is -2.60. The number of aliphatic hydroxyl groups is 1. The predicted molar refractivity (Wildman–Crippen MR) is 173 cm³/mol. The molecule has 0 aromatic heterocycles. The summed E-state index contributed by atoms with van der Waals surface area (Å²) in [4.78, 5) is 27.3. The molecule has 7 fully saturated rings. The molecular formula is C37H60N2O7. The first-order valence-electron chi connectivity index (χ1n) is 18.4. The van der Waals surface area contributed by atoms with Gasteiger partial charge in [0, 0.05) is 31.0 Å². The SMILES string of the molecule is CNC(=O)OC(C(C)C)C1C[C@@H](C)[C@H]2C(O1)[C@H](O)[C@@]1(C)C3CC[C@H]4C(C)(C)C(OC(=O)N5CCOCC5)CCC45CC35CCC21C. The van der Waals surface area contributed by atoms with Crippen LogP contribution >= 0.6 is 0 Å². The summed E-state index contributed by atoms with van der Waals surface area (Å²) in [6, 6.07) is 0. The zero-order valence-corrected chi connectivity index (χ0v) is 29.6. The third kappa shape index (κ3) is 4.28. The summed E-state index contributed by atoms with van der Waals surface area (Å²) in [7, 11) is 1.59. The Morgan fingerprint density at radius 1 is 0.978 bits per heavy atom. The van der Waals surface area contributed by atoms with Crippen LogP contribution in [0, 0.1) is 56.7 Å². The van der Waals surface area contributed by atoms with Gasteiger partial charge in [0.2, 0.25) is 0 Å². The van der Waals surface area contributed by atoms with Gasteiger partial charge in [-0.25, -0.2) is 9.59 Å². The number of hydrogen-bond donors (Lipinski definition) is 2. The van der Waals surface area contributed by atoms with E-state index in [4.69, 9.17) is 18.9 Å². The molecule has 5 aliphatic carbocycles. The second-order valence-electron chi connectivity index (χ2n) is 17.9. The van der Waals surface area contributed by atoms with E-state index in [9.17, 15) is 14.7 Å². The molecule has 9 heteroatoms. The van der Waals surface area contributed by atoms with Crippen molar-refractivity contribution in [2.75, 3.05) is 33.4 Å². The molecule has 9 nitrogen and oxygen atoms in total. The molecule has 8 unspecified atom stereocenters. The van der Waals surface area contributed by atoms with Crippen LogP contribution in [0.5, 0.6) is 0 Å². The number of hydrogen-bond acceptors (Lipinski definition) is 7. The molecule has 2 amide bonds. The fourth-order valence-corrected chi connectivity index (χ4v) is 13.5. The fourth-order valence-electron chi connectivity index (χ4n) is 13.5. The first kappa shape index (κ1) is 32.9. The normalized spacial score (nSPS) is 49.4. The lowest BCUT2D eigenvalue weighted by atomic mass is 9.41. The molecule has 0 radical (unpaired) electrons. The summed E-state index contributed by atoms with van der Waals surface area (Å²) in [6.07, 6.45) is 6.56. The van der Waals surface area contributed by atoms with Crippen molar-refractivity contribution in [3.8, 4) is 0 Å². The van der Waals surface area contributed by atoms with Crippen LogP contribution in [0.15, 0.2) is 0 Å². The Morgan fingerprint density at radius 3 is 2.33 bits per heavy atom. The molecule has 13 atom stereocenters. The zero-order valence-electron chi connectivity index (χ0n) is 29.6. The van der Waals surface area contributed by atoms with Crippen LogP contribution in [0.4, 0.5) is 9.59 Å². The van der Waals surface area contributed by atoms with Gasteiger partial charge in [-0.15, -0.1) is 0 Å². The minimum Gasteiger partial charge on any atom is -0.446 e. The molecule has 0 aromatic carbocycles. The van der Waals surface area contributed by atoms with Crippen LogP contribution in [0.25, 0.3) is 0 Å². The van der Waals surface area contributed by atoms with E-state index >= 15 is 0 Å². The highest BCUT2D eigenvalue weighted by Crippen LogP contribution is 2.89. The van der Waals surface area contributed by atoms with Crippen LogP contribution in [-0.2, 0) is 18.9 Å². The highest BCUT2D eigenvalue weighted by atomic mass is 16.6. The van der Waals surface area contributed by atoms with Crippen LogP contribution in [0.2, 0.25) is 0 Å². The summed E-state index contributed by atoms with van der Waals surface area (Å²) in [5, 5.41) is 15.2. The van der Waals surface area contributed by atoms with Gasteiger partial charge < -0.3 is 34.3 Å². The molecule has 2 heterocycles. The monoisotopic (exact) mass is 644 g/mol. The lowest BCUT2D eigenvalue weighted by molar-refractivity contribution is -0.185. The van der Waals surface area contributed by atoms with Crippen LogP contribution in [0.1, 0.15) is 99.8 Å². The Kier molecular flexibility index (Phi) is 7.85. The van der Waals surface area contributed by atoms with Gasteiger partial charge in [0.25, 0.3) is 0 Å². The van der Waals surface area contributed by atoms with Crippen molar-refractivity contribution in [3.63, 3.8) is 0 Å². The second kappa shape index (κ2) is 11.0. The molecule has 5 saturated carbocycles. The number of carbonyl (C=O) groups is 2. The van der Waals surface area contributed by atoms with Crippen molar-refractivity contribution in [3.05, 3.63) is 0 Å². The van der Waals surface area contributed by atoms with Crippen LogP contribution in [-0.4, -0.2) is 86.1 Å². The molecule has 2 aliphatic heterocycles. The van der Waals surface area contributed by atoms with E-state index in [1.54, 1.807) is 7.05 Å². The summed E-state index contributed by atoms with van der Waals surface area (Å²) in [6.45, 7) is 18.5. The van der Waals surface area contributed by atoms with E-state index < -0.39 is 12.2 Å². The molecule has 2 spiro atoms. The van der Waals surface area contributed by atoms with Gasteiger partial charge in [-0.05, 0) is 97.2 Å². The van der Waals surface area contributed by atoms with Gasteiger partial charge in [0.1, 0.15) is 12.2 Å². The average molecular weight is 645 g/mol. The highest BCUT2D eigenvalue weighted by molar-refractivity contribution is 5.68. The smallest absolute Gasteiger partial charge is 0.410 e. The number of ether oxygens (including phenoxy) is 4. The van der Waals surface area contributed by atoms with Crippen molar-refractivity contribution in [2.24, 2.45) is 56.7 Å². The van der Waals surface area contributed by atoms with E-state index in [1.807, 2.05) is 4.90 Å². The van der Waals surface area contributed by atoms with Crippen molar-refractivity contribution in [2.45, 2.75) is 130 Å². The molecule has 46 heavy (non-hydrogen) atoms. The number of alkyl carbamates (subject to hydrolysis) is 1. The van der Waals surface area contributed by atoms with E-state index in [0.717, 1.165) is 38.5 Å². The molecule has 0 bridgehead atoms. The average Bonchev–Trinajstić information content (AvgIpc) is 3.65. The summed E-state index contributed by atoms with van der Waals surface area (Å²) >= 11 is 0. The second-order valence-corrected chi connectivity index (χ2v) is 17.9. The molecule has 2 N–H and O–H groups in total. The van der Waals surface area contributed by atoms with Crippen molar-refractivity contribution in [1.82, 2.24) is 10.2 Å². The quantitative estimate of drug-likeness (QED) is 0.386. The summed E-state index contributed by atoms with van der Waals surface area (Å²) < 4.78 is 24.6. The Hall–Kier alpha value is -1.58. The van der Waals surface area contributed by atoms with Gasteiger partial charge in [-0.1, -0.05) is 48.5 Å². The zero-order chi connectivity index (χ0) is 33.0. The maximum absolute atomic E-state index is 13.2. The number of nitrogens with one attached hydrogen (secondary N) is 1. The number of carbonyl (C=O) groups excluding carboxylic acids is 2. The topological polar surface area (TPSA) is 107 Å². The number of amides is 2. The van der Waals surface area contributed by atoms with E-state index in [1.165, 1.54) is 12.8 Å². The van der Waals surface area contributed by atoms with E-state index in [0.29, 0.717) is 44.1 Å².